The number of halogens is 2. The van der Waals surface area contributed by atoms with Gasteiger partial charge in [-0.2, -0.15) is 0 Å². The third-order valence-electron chi connectivity index (χ3n) is 3.09. The molecule has 0 spiro atoms. The Labute approximate surface area is 127 Å². The van der Waals surface area contributed by atoms with Crippen molar-refractivity contribution in [3.63, 3.8) is 0 Å². The first kappa shape index (κ1) is 15.0. The van der Waals surface area contributed by atoms with E-state index >= 15 is 0 Å². The first-order chi connectivity index (χ1) is 9.61. The normalized spacial score (nSPS) is 10.6. The van der Waals surface area contributed by atoms with Crippen LogP contribution in [0.3, 0.4) is 0 Å². The average molecular weight is 338 g/mol. The molecule has 0 bridgehead atoms. The van der Waals surface area contributed by atoms with Crippen molar-refractivity contribution in [3.8, 4) is 5.75 Å². The summed E-state index contributed by atoms with van der Waals surface area (Å²) in [4.78, 5) is 0. The molecule has 0 heterocycles. The number of rotatable bonds is 5. The van der Waals surface area contributed by atoms with Gasteiger partial charge in [-0.3, -0.25) is 0 Å². The third kappa shape index (κ3) is 3.58. The highest BCUT2D eigenvalue weighted by Crippen LogP contribution is 2.30. The highest BCUT2D eigenvalue weighted by Gasteiger charge is 2.09. The number of nitrogens with one attached hydrogen (secondary N) is 1. The monoisotopic (exact) mass is 337 g/mol. The molecule has 2 aromatic carbocycles. The lowest BCUT2D eigenvalue weighted by Crippen LogP contribution is -2.08. The molecule has 4 heteroatoms. The van der Waals surface area contributed by atoms with Crippen molar-refractivity contribution >= 4 is 15.9 Å². The molecule has 0 atom stereocenters. The third-order valence-corrected chi connectivity index (χ3v) is 3.72. The van der Waals surface area contributed by atoms with Crippen molar-refractivity contribution < 1.29 is 9.13 Å². The summed E-state index contributed by atoms with van der Waals surface area (Å²) in [6.45, 7) is 3.04. The van der Waals surface area contributed by atoms with Crippen molar-refractivity contribution in [1.29, 1.82) is 0 Å². The maximum atomic E-state index is 13.1. The molecule has 0 aliphatic rings. The smallest absolute Gasteiger partial charge is 0.138 e. The van der Waals surface area contributed by atoms with E-state index in [0.717, 1.165) is 33.5 Å². The number of benzene rings is 2. The van der Waals surface area contributed by atoms with Crippen LogP contribution in [0.4, 0.5) is 4.39 Å². The minimum absolute atomic E-state index is 0.219. The first-order valence-electron chi connectivity index (χ1n) is 6.41. The minimum atomic E-state index is -0.219. The highest BCUT2D eigenvalue weighted by atomic mass is 79.9. The van der Waals surface area contributed by atoms with Crippen LogP contribution in [0.15, 0.2) is 40.9 Å². The van der Waals surface area contributed by atoms with Crippen molar-refractivity contribution in [2.24, 2.45) is 0 Å². The number of hydrogen-bond acceptors (Lipinski definition) is 2. The number of hydrogen-bond donors (Lipinski definition) is 1. The summed E-state index contributed by atoms with van der Waals surface area (Å²) in [6.07, 6.45) is 0. The van der Waals surface area contributed by atoms with E-state index < -0.39 is 0 Å². The summed E-state index contributed by atoms with van der Waals surface area (Å²) in [6, 6.07) is 10.7. The molecule has 0 amide bonds. The molecule has 0 saturated heterocycles. The summed E-state index contributed by atoms with van der Waals surface area (Å²) in [5.41, 5.74) is 2.96. The zero-order valence-corrected chi connectivity index (χ0v) is 13.1. The minimum Gasteiger partial charge on any atom is -0.487 e. The molecule has 0 aliphatic heterocycles. The molecule has 106 valence electrons. The fourth-order valence-corrected chi connectivity index (χ4v) is 2.54. The molecule has 0 aliphatic carbocycles. The molecule has 2 nitrogen and oxygen atoms in total. The van der Waals surface area contributed by atoms with Gasteiger partial charge in [0.15, 0.2) is 0 Å². The lowest BCUT2D eigenvalue weighted by Gasteiger charge is -2.14. The number of ether oxygens (including phenoxy) is 1. The standard InChI is InChI=1S/C16H17BrFNO/c1-11-8-14(18)7-6-13(11)10-20-16-12(9-19-2)4-3-5-15(16)17/h3-8,19H,9-10H2,1-2H3. The quantitative estimate of drug-likeness (QED) is 0.882. The molecule has 1 N–H and O–H groups in total. The Kier molecular flexibility index (Phi) is 5.15. The topological polar surface area (TPSA) is 21.3 Å². The van der Waals surface area contributed by atoms with E-state index in [2.05, 4.69) is 21.2 Å². The Morgan fingerprint density at radius 3 is 2.70 bits per heavy atom. The van der Waals surface area contributed by atoms with Gasteiger partial charge in [-0.15, -0.1) is 0 Å². The van der Waals surface area contributed by atoms with Crippen LogP contribution in [-0.2, 0) is 13.2 Å². The molecule has 0 unspecified atom stereocenters. The molecular formula is C16H17BrFNO. The molecule has 2 aromatic rings. The predicted molar refractivity (Wildman–Crippen MR) is 82.4 cm³/mol. The van der Waals surface area contributed by atoms with Gasteiger partial charge in [-0.05, 0) is 59.2 Å². The van der Waals surface area contributed by atoms with Crippen LogP contribution in [0, 0.1) is 12.7 Å². The first-order valence-corrected chi connectivity index (χ1v) is 7.21. The van der Waals surface area contributed by atoms with Crippen molar-refractivity contribution in [3.05, 3.63) is 63.4 Å². The maximum absolute atomic E-state index is 13.1. The van der Waals surface area contributed by atoms with Crippen molar-refractivity contribution in [2.45, 2.75) is 20.1 Å². The van der Waals surface area contributed by atoms with Gasteiger partial charge in [-0.1, -0.05) is 18.2 Å². The van der Waals surface area contributed by atoms with Crippen LogP contribution in [0.5, 0.6) is 5.75 Å². The van der Waals surface area contributed by atoms with Crippen LogP contribution in [0.1, 0.15) is 16.7 Å². The zero-order valence-electron chi connectivity index (χ0n) is 11.5. The molecule has 0 aromatic heterocycles. The van der Waals surface area contributed by atoms with E-state index in [-0.39, 0.29) is 5.82 Å². The van der Waals surface area contributed by atoms with Gasteiger partial charge in [0.2, 0.25) is 0 Å². The fourth-order valence-electron chi connectivity index (χ4n) is 2.02. The summed E-state index contributed by atoms with van der Waals surface area (Å²) in [5.74, 6) is 0.605. The van der Waals surface area contributed by atoms with Crippen LogP contribution in [0.25, 0.3) is 0 Å². The second-order valence-electron chi connectivity index (χ2n) is 4.62. The second-order valence-corrected chi connectivity index (χ2v) is 5.47. The van der Waals surface area contributed by atoms with Crippen molar-refractivity contribution in [1.82, 2.24) is 5.32 Å². The lowest BCUT2D eigenvalue weighted by molar-refractivity contribution is 0.299. The summed E-state index contributed by atoms with van der Waals surface area (Å²) < 4.78 is 19.9. The highest BCUT2D eigenvalue weighted by molar-refractivity contribution is 9.10. The maximum Gasteiger partial charge on any atom is 0.138 e. The lowest BCUT2D eigenvalue weighted by atomic mass is 10.1. The molecular weight excluding hydrogens is 321 g/mol. The van der Waals surface area contributed by atoms with Gasteiger partial charge in [-0.25, -0.2) is 4.39 Å². The SMILES string of the molecule is CNCc1cccc(Br)c1OCc1ccc(F)cc1C. The molecule has 2 rings (SSSR count). The predicted octanol–water partition coefficient (Wildman–Crippen LogP) is 4.20. The summed E-state index contributed by atoms with van der Waals surface area (Å²) in [5, 5.41) is 3.12. The van der Waals surface area contributed by atoms with E-state index in [1.54, 1.807) is 6.07 Å². The Balaban J connectivity index is 2.18. The fraction of sp³-hybridized carbons (Fsp3) is 0.250. The molecule has 0 radical (unpaired) electrons. The average Bonchev–Trinajstić information content (AvgIpc) is 2.40. The Morgan fingerprint density at radius 2 is 2.00 bits per heavy atom. The summed E-state index contributed by atoms with van der Waals surface area (Å²) in [7, 11) is 1.90. The van der Waals surface area contributed by atoms with Crippen LogP contribution < -0.4 is 10.1 Å². The zero-order chi connectivity index (χ0) is 14.5. The number of para-hydroxylation sites is 1. The van der Waals surface area contributed by atoms with Gasteiger partial charge in [0.25, 0.3) is 0 Å². The Hall–Kier alpha value is -1.39. The van der Waals surface area contributed by atoms with E-state index in [0.29, 0.717) is 6.61 Å². The van der Waals surface area contributed by atoms with Gasteiger partial charge in [0, 0.05) is 12.1 Å². The Bertz CT molecular complexity index is 601. The largest absolute Gasteiger partial charge is 0.487 e. The van der Waals surface area contributed by atoms with Crippen LogP contribution in [0.2, 0.25) is 0 Å². The van der Waals surface area contributed by atoms with Gasteiger partial charge >= 0.3 is 0 Å². The van der Waals surface area contributed by atoms with Crippen LogP contribution in [-0.4, -0.2) is 7.05 Å². The van der Waals surface area contributed by atoms with Crippen LogP contribution >= 0.6 is 15.9 Å². The van der Waals surface area contributed by atoms with E-state index in [1.807, 2.05) is 32.2 Å². The van der Waals surface area contributed by atoms with E-state index in [9.17, 15) is 4.39 Å². The second kappa shape index (κ2) is 6.86. The van der Waals surface area contributed by atoms with Gasteiger partial charge in [0.1, 0.15) is 18.2 Å². The summed E-state index contributed by atoms with van der Waals surface area (Å²) >= 11 is 3.51. The molecule has 0 fully saturated rings. The van der Waals surface area contributed by atoms with Gasteiger partial charge < -0.3 is 10.1 Å². The van der Waals surface area contributed by atoms with E-state index in [1.165, 1.54) is 12.1 Å². The van der Waals surface area contributed by atoms with Crippen molar-refractivity contribution in [2.75, 3.05) is 7.05 Å². The number of aryl methyl sites for hydroxylation is 1. The molecule has 0 saturated carbocycles. The molecule has 20 heavy (non-hydrogen) atoms. The Morgan fingerprint density at radius 1 is 1.20 bits per heavy atom. The van der Waals surface area contributed by atoms with Gasteiger partial charge in [0.05, 0.1) is 4.47 Å². The van der Waals surface area contributed by atoms with E-state index in [4.69, 9.17) is 4.74 Å².